The van der Waals surface area contributed by atoms with E-state index >= 15 is 0 Å². The average Bonchev–Trinajstić information content (AvgIpc) is 3.08. The number of fused-ring (bicyclic) bond motifs is 1. The first kappa shape index (κ1) is 17.8. The smallest absolute Gasteiger partial charge is 0.266 e. The van der Waals surface area contributed by atoms with Gasteiger partial charge < -0.3 is 20.4 Å². The summed E-state index contributed by atoms with van der Waals surface area (Å²) in [5.74, 6) is 0.154. The van der Waals surface area contributed by atoms with E-state index in [2.05, 4.69) is 32.7 Å². The number of hydrogen-bond donors (Lipinski definition) is 2. The minimum atomic E-state index is 0.0688. The molecule has 2 N–H and O–H groups in total. The number of carbonyl (C=O) groups is 2. The lowest BCUT2D eigenvalue weighted by molar-refractivity contribution is -0.116. The molecule has 2 aromatic rings. The Morgan fingerprint density at radius 1 is 1.22 bits per heavy atom. The maximum atomic E-state index is 12.8. The molecule has 1 aromatic heterocycles. The van der Waals surface area contributed by atoms with Crippen molar-refractivity contribution in [2.75, 3.05) is 48.8 Å². The Morgan fingerprint density at radius 3 is 2.70 bits per heavy atom. The Kier molecular flexibility index (Phi) is 4.73. The third kappa shape index (κ3) is 3.49. The summed E-state index contributed by atoms with van der Waals surface area (Å²) < 4.78 is 0. The Balaban J connectivity index is 1.42. The van der Waals surface area contributed by atoms with Gasteiger partial charge in [-0.3, -0.25) is 9.59 Å². The van der Waals surface area contributed by atoms with Crippen molar-refractivity contribution in [3.05, 3.63) is 34.3 Å². The molecule has 0 spiro atoms. The van der Waals surface area contributed by atoms with Gasteiger partial charge in [0.25, 0.3) is 5.91 Å². The van der Waals surface area contributed by atoms with Gasteiger partial charge in [-0.25, -0.2) is 4.98 Å². The number of aromatic nitrogens is 1. The summed E-state index contributed by atoms with van der Waals surface area (Å²) in [5.41, 5.74) is 4.05. The van der Waals surface area contributed by atoms with Gasteiger partial charge in [-0.2, -0.15) is 0 Å². The lowest BCUT2D eigenvalue weighted by Crippen LogP contribution is -2.48. The molecule has 4 rings (SSSR count). The number of anilines is 3. The summed E-state index contributed by atoms with van der Waals surface area (Å²) in [6.45, 7) is 4.87. The minimum Gasteiger partial charge on any atom is -0.368 e. The van der Waals surface area contributed by atoms with Crippen LogP contribution in [0.3, 0.4) is 0 Å². The predicted octanol–water partition coefficient (Wildman–Crippen LogP) is 2.34. The fourth-order valence-electron chi connectivity index (χ4n) is 3.58. The molecular formula is C19H23N5O2S. The normalized spacial score (nSPS) is 16.7. The lowest BCUT2D eigenvalue weighted by Gasteiger charge is -2.36. The van der Waals surface area contributed by atoms with Crippen LogP contribution < -0.4 is 15.5 Å². The summed E-state index contributed by atoms with van der Waals surface area (Å²) in [5, 5.41) is 6.70. The van der Waals surface area contributed by atoms with E-state index in [0.29, 0.717) is 19.5 Å². The van der Waals surface area contributed by atoms with Crippen LogP contribution in [0.4, 0.5) is 16.5 Å². The van der Waals surface area contributed by atoms with Crippen LogP contribution in [0, 0.1) is 6.92 Å². The maximum Gasteiger partial charge on any atom is 0.266 e. The van der Waals surface area contributed by atoms with Crippen molar-refractivity contribution in [2.45, 2.75) is 19.8 Å². The van der Waals surface area contributed by atoms with Crippen LogP contribution in [0.5, 0.6) is 0 Å². The van der Waals surface area contributed by atoms with E-state index in [1.165, 1.54) is 16.9 Å². The predicted molar refractivity (Wildman–Crippen MR) is 108 cm³/mol. The largest absolute Gasteiger partial charge is 0.368 e. The summed E-state index contributed by atoms with van der Waals surface area (Å²) in [6, 6.07) is 6.20. The molecule has 2 amide bonds. The summed E-state index contributed by atoms with van der Waals surface area (Å²) in [7, 11) is 1.81. The van der Waals surface area contributed by atoms with Crippen LogP contribution in [-0.4, -0.2) is 54.9 Å². The van der Waals surface area contributed by atoms with E-state index in [9.17, 15) is 9.59 Å². The number of carbonyl (C=O) groups excluding carboxylic acids is 2. The highest BCUT2D eigenvalue weighted by atomic mass is 32.1. The molecule has 0 atom stereocenters. The standard InChI is InChI=1S/C19H23N5O2S/c1-12-17(27-19(20-2)21-12)18(26)24-9-7-23(8-10-24)14-4-5-15-13(11-14)3-6-16(25)22-15/h4-5,11H,3,6-10H2,1-2H3,(H,20,21)(H,22,25). The number of hydrogen-bond acceptors (Lipinski definition) is 6. The number of rotatable bonds is 3. The van der Waals surface area contributed by atoms with E-state index in [-0.39, 0.29) is 11.8 Å². The number of thiazole rings is 1. The second-order valence-electron chi connectivity index (χ2n) is 6.85. The van der Waals surface area contributed by atoms with Crippen LogP contribution in [-0.2, 0) is 11.2 Å². The Hall–Kier alpha value is -2.61. The first-order valence-electron chi connectivity index (χ1n) is 9.17. The van der Waals surface area contributed by atoms with E-state index in [4.69, 9.17) is 0 Å². The average molecular weight is 385 g/mol. The number of aryl methyl sites for hydroxylation is 2. The quantitative estimate of drug-likeness (QED) is 0.848. The van der Waals surface area contributed by atoms with Gasteiger partial charge in [-0.15, -0.1) is 0 Å². The van der Waals surface area contributed by atoms with Crippen molar-refractivity contribution >= 4 is 39.7 Å². The molecule has 0 saturated carbocycles. The molecular weight excluding hydrogens is 362 g/mol. The van der Waals surface area contributed by atoms with Crippen LogP contribution in [0.25, 0.3) is 0 Å². The molecule has 0 aliphatic carbocycles. The van der Waals surface area contributed by atoms with Gasteiger partial charge in [0.1, 0.15) is 4.88 Å². The van der Waals surface area contributed by atoms with E-state index in [0.717, 1.165) is 46.6 Å². The fraction of sp³-hybridized carbons (Fsp3) is 0.421. The first-order chi connectivity index (χ1) is 13.0. The summed E-state index contributed by atoms with van der Waals surface area (Å²) >= 11 is 1.41. The van der Waals surface area contributed by atoms with Gasteiger partial charge in [-0.05, 0) is 37.1 Å². The van der Waals surface area contributed by atoms with Gasteiger partial charge >= 0.3 is 0 Å². The van der Waals surface area contributed by atoms with Gasteiger partial charge in [-0.1, -0.05) is 11.3 Å². The number of piperazine rings is 1. The summed E-state index contributed by atoms with van der Waals surface area (Å²) in [6.07, 6.45) is 1.33. The van der Waals surface area contributed by atoms with Gasteiger partial charge in [0, 0.05) is 51.0 Å². The van der Waals surface area contributed by atoms with Gasteiger partial charge in [0.05, 0.1) is 5.69 Å². The Bertz CT molecular complexity index is 886. The summed E-state index contributed by atoms with van der Waals surface area (Å²) in [4.78, 5) is 33.6. The SMILES string of the molecule is CNc1nc(C)c(C(=O)N2CCN(c3ccc4c(c3)CCC(=O)N4)CC2)s1. The highest BCUT2D eigenvalue weighted by molar-refractivity contribution is 7.17. The van der Waals surface area contributed by atoms with E-state index in [1.54, 1.807) is 0 Å². The van der Waals surface area contributed by atoms with E-state index < -0.39 is 0 Å². The highest BCUT2D eigenvalue weighted by Gasteiger charge is 2.26. The number of benzene rings is 1. The molecule has 142 valence electrons. The topological polar surface area (TPSA) is 77.6 Å². The van der Waals surface area contributed by atoms with E-state index in [1.807, 2.05) is 24.9 Å². The van der Waals surface area contributed by atoms with Crippen LogP contribution in [0.1, 0.15) is 27.3 Å². The molecule has 27 heavy (non-hydrogen) atoms. The zero-order chi connectivity index (χ0) is 19.0. The zero-order valence-electron chi connectivity index (χ0n) is 15.5. The lowest BCUT2D eigenvalue weighted by atomic mass is 10.0. The van der Waals surface area contributed by atoms with Crippen molar-refractivity contribution in [2.24, 2.45) is 0 Å². The highest BCUT2D eigenvalue weighted by Crippen LogP contribution is 2.29. The number of nitrogens with one attached hydrogen (secondary N) is 2. The molecule has 2 aliphatic heterocycles. The second-order valence-corrected chi connectivity index (χ2v) is 7.85. The third-order valence-electron chi connectivity index (χ3n) is 5.12. The van der Waals surface area contributed by atoms with Crippen LogP contribution in [0.2, 0.25) is 0 Å². The molecule has 1 fully saturated rings. The monoisotopic (exact) mass is 385 g/mol. The Morgan fingerprint density at radius 2 is 2.00 bits per heavy atom. The van der Waals surface area contributed by atoms with Crippen LogP contribution >= 0.6 is 11.3 Å². The second kappa shape index (κ2) is 7.19. The van der Waals surface area contributed by atoms with Crippen molar-refractivity contribution < 1.29 is 9.59 Å². The molecule has 1 saturated heterocycles. The first-order valence-corrected chi connectivity index (χ1v) is 9.99. The van der Waals surface area contributed by atoms with Crippen molar-refractivity contribution in [1.29, 1.82) is 0 Å². The number of nitrogens with zero attached hydrogens (tertiary/aromatic N) is 3. The molecule has 0 radical (unpaired) electrons. The molecule has 0 unspecified atom stereocenters. The van der Waals surface area contributed by atoms with Crippen molar-refractivity contribution in [1.82, 2.24) is 9.88 Å². The van der Waals surface area contributed by atoms with Gasteiger partial charge in [0.2, 0.25) is 5.91 Å². The van der Waals surface area contributed by atoms with Crippen LogP contribution in [0.15, 0.2) is 18.2 Å². The molecule has 2 aliphatic rings. The zero-order valence-corrected chi connectivity index (χ0v) is 16.4. The number of amides is 2. The van der Waals surface area contributed by atoms with Crippen molar-refractivity contribution in [3.63, 3.8) is 0 Å². The molecule has 7 nitrogen and oxygen atoms in total. The fourth-order valence-corrected chi connectivity index (χ4v) is 4.47. The minimum absolute atomic E-state index is 0.0688. The molecule has 0 bridgehead atoms. The van der Waals surface area contributed by atoms with Gasteiger partial charge in [0.15, 0.2) is 5.13 Å². The molecule has 3 heterocycles. The Labute approximate surface area is 162 Å². The maximum absolute atomic E-state index is 12.8. The third-order valence-corrected chi connectivity index (χ3v) is 6.28. The molecule has 1 aromatic carbocycles. The molecule has 8 heteroatoms. The van der Waals surface area contributed by atoms with Crippen molar-refractivity contribution in [3.8, 4) is 0 Å².